The molecule has 0 bridgehead atoms. The van der Waals surface area contributed by atoms with Crippen molar-refractivity contribution >= 4 is 9.84 Å². The summed E-state index contributed by atoms with van der Waals surface area (Å²) in [4.78, 5) is 0. The van der Waals surface area contributed by atoms with Gasteiger partial charge in [0.15, 0.2) is 0 Å². The average Bonchev–Trinajstić information content (AvgIpc) is 2.46. The van der Waals surface area contributed by atoms with Crippen LogP contribution >= 0.6 is 0 Å². The third-order valence-electron chi connectivity index (χ3n) is 2.69. The van der Waals surface area contributed by atoms with E-state index in [1.165, 1.54) is 6.26 Å². The van der Waals surface area contributed by atoms with E-state index in [1.807, 2.05) is 0 Å². The van der Waals surface area contributed by atoms with E-state index < -0.39 is 9.84 Å². The predicted octanol–water partition coefficient (Wildman–Crippen LogP) is 0.173. The first-order chi connectivity index (χ1) is 6.40. The van der Waals surface area contributed by atoms with Crippen LogP contribution in [-0.2, 0) is 14.6 Å². The smallest absolute Gasteiger partial charge is 0.147 e. The van der Waals surface area contributed by atoms with Crippen LogP contribution in [0.3, 0.4) is 0 Å². The highest BCUT2D eigenvalue weighted by Gasteiger charge is 2.29. The van der Waals surface area contributed by atoms with E-state index in [2.05, 4.69) is 6.92 Å². The van der Waals surface area contributed by atoms with Crippen molar-refractivity contribution in [1.29, 1.82) is 0 Å². The number of ether oxygens (including phenoxy) is 1. The Balaban J connectivity index is 2.38. The molecule has 14 heavy (non-hydrogen) atoms. The molecule has 4 nitrogen and oxygen atoms in total. The average molecular weight is 221 g/mol. The van der Waals surface area contributed by atoms with Gasteiger partial charge in [0, 0.05) is 18.9 Å². The zero-order valence-corrected chi connectivity index (χ0v) is 9.59. The lowest BCUT2D eigenvalue weighted by Crippen LogP contribution is -2.39. The van der Waals surface area contributed by atoms with E-state index >= 15 is 0 Å². The topological polar surface area (TPSA) is 69.4 Å². The lowest BCUT2D eigenvalue weighted by molar-refractivity contribution is 0.0718. The molecule has 0 aromatic carbocycles. The Morgan fingerprint density at radius 2 is 2.21 bits per heavy atom. The van der Waals surface area contributed by atoms with E-state index in [0.717, 1.165) is 13.0 Å². The monoisotopic (exact) mass is 221 g/mol. The van der Waals surface area contributed by atoms with Crippen LogP contribution in [0.1, 0.15) is 19.8 Å². The van der Waals surface area contributed by atoms with E-state index in [4.69, 9.17) is 10.5 Å². The first-order valence-corrected chi connectivity index (χ1v) is 7.01. The Morgan fingerprint density at radius 3 is 2.64 bits per heavy atom. The zero-order valence-electron chi connectivity index (χ0n) is 8.77. The molecule has 0 saturated carbocycles. The molecule has 1 aliphatic heterocycles. The minimum absolute atomic E-state index is 0.0387. The predicted molar refractivity (Wildman–Crippen MR) is 55.8 cm³/mol. The van der Waals surface area contributed by atoms with Crippen LogP contribution in [0.5, 0.6) is 0 Å². The Morgan fingerprint density at radius 1 is 1.57 bits per heavy atom. The fourth-order valence-corrected chi connectivity index (χ4v) is 2.48. The molecule has 1 fully saturated rings. The standard InChI is InChI=1S/C9H19NO3S/c1-7-3-5-13-9(7)8(10)4-6-14(2,11)12/h7-9H,3-6,10H2,1-2H3. The second kappa shape index (κ2) is 4.59. The van der Waals surface area contributed by atoms with Crippen molar-refractivity contribution in [3.05, 3.63) is 0 Å². The Bertz CT molecular complexity index is 276. The van der Waals surface area contributed by atoms with Crippen molar-refractivity contribution in [2.45, 2.75) is 31.9 Å². The summed E-state index contributed by atoms with van der Waals surface area (Å²) in [5.74, 6) is 0.602. The largest absolute Gasteiger partial charge is 0.376 e. The third-order valence-corrected chi connectivity index (χ3v) is 3.67. The van der Waals surface area contributed by atoms with Gasteiger partial charge in [-0.15, -0.1) is 0 Å². The number of nitrogens with two attached hydrogens (primary N) is 1. The summed E-state index contributed by atoms with van der Waals surface area (Å²) >= 11 is 0. The Hall–Kier alpha value is -0.130. The lowest BCUT2D eigenvalue weighted by atomic mass is 9.97. The minimum atomic E-state index is -2.90. The quantitative estimate of drug-likeness (QED) is 0.735. The molecule has 1 rings (SSSR count). The molecule has 0 aliphatic carbocycles. The van der Waals surface area contributed by atoms with Crippen LogP contribution in [0.4, 0.5) is 0 Å². The molecule has 84 valence electrons. The first kappa shape index (κ1) is 11.9. The highest BCUT2D eigenvalue weighted by Crippen LogP contribution is 2.23. The number of hydrogen-bond acceptors (Lipinski definition) is 4. The van der Waals surface area contributed by atoms with Gasteiger partial charge in [0.25, 0.3) is 0 Å². The van der Waals surface area contributed by atoms with Gasteiger partial charge in [-0.25, -0.2) is 8.42 Å². The van der Waals surface area contributed by atoms with Gasteiger partial charge in [-0.1, -0.05) is 6.92 Å². The lowest BCUT2D eigenvalue weighted by Gasteiger charge is -2.21. The molecule has 1 saturated heterocycles. The van der Waals surface area contributed by atoms with Gasteiger partial charge in [0.05, 0.1) is 11.9 Å². The van der Waals surface area contributed by atoms with Gasteiger partial charge in [0.2, 0.25) is 0 Å². The van der Waals surface area contributed by atoms with E-state index in [0.29, 0.717) is 12.3 Å². The number of hydrogen-bond donors (Lipinski definition) is 1. The van der Waals surface area contributed by atoms with Crippen LogP contribution in [0.25, 0.3) is 0 Å². The second-order valence-electron chi connectivity index (χ2n) is 4.18. The van der Waals surface area contributed by atoms with Gasteiger partial charge < -0.3 is 10.5 Å². The molecule has 0 aromatic heterocycles. The maximum Gasteiger partial charge on any atom is 0.147 e. The van der Waals surface area contributed by atoms with Crippen LogP contribution in [0, 0.1) is 5.92 Å². The molecule has 0 spiro atoms. The van der Waals surface area contributed by atoms with Gasteiger partial charge in [-0.2, -0.15) is 0 Å². The van der Waals surface area contributed by atoms with Crippen LogP contribution in [0.2, 0.25) is 0 Å². The minimum Gasteiger partial charge on any atom is -0.376 e. The van der Waals surface area contributed by atoms with Crippen molar-refractivity contribution in [3.63, 3.8) is 0 Å². The summed E-state index contributed by atoms with van der Waals surface area (Å²) in [5.41, 5.74) is 5.89. The maximum absolute atomic E-state index is 10.9. The first-order valence-electron chi connectivity index (χ1n) is 4.95. The molecule has 3 atom stereocenters. The van der Waals surface area contributed by atoms with Gasteiger partial charge in [-0.05, 0) is 18.8 Å². The van der Waals surface area contributed by atoms with Crippen LogP contribution in [0.15, 0.2) is 0 Å². The Labute approximate surface area is 85.7 Å². The highest BCUT2D eigenvalue weighted by atomic mass is 32.2. The summed E-state index contributed by atoms with van der Waals surface area (Å²) in [5, 5.41) is 0. The highest BCUT2D eigenvalue weighted by molar-refractivity contribution is 7.90. The molecule has 1 heterocycles. The van der Waals surface area contributed by atoms with E-state index in [1.54, 1.807) is 0 Å². The van der Waals surface area contributed by atoms with Crippen molar-refractivity contribution < 1.29 is 13.2 Å². The number of sulfone groups is 1. The molecule has 1 aliphatic rings. The summed E-state index contributed by atoms with van der Waals surface area (Å²) in [7, 11) is -2.90. The molecule has 5 heteroatoms. The SMILES string of the molecule is CC1CCOC1C(N)CCS(C)(=O)=O. The zero-order chi connectivity index (χ0) is 10.8. The van der Waals surface area contributed by atoms with Gasteiger partial charge in [0.1, 0.15) is 9.84 Å². The summed E-state index contributed by atoms with van der Waals surface area (Å²) in [6.45, 7) is 2.84. The van der Waals surface area contributed by atoms with E-state index in [9.17, 15) is 8.42 Å². The normalized spacial score (nSPS) is 30.5. The van der Waals surface area contributed by atoms with E-state index in [-0.39, 0.29) is 17.9 Å². The molecular weight excluding hydrogens is 202 g/mol. The maximum atomic E-state index is 10.9. The molecule has 0 aromatic rings. The van der Waals surface area contributed by atoms with Gasteiger partial charge >= 0.3 is 0 Å². The second-order valence-corrected chi connectivity index (χ2v) is 6.44. The van der Waals surface area contributed by atoms with Crippen molar-refractivity contribution in [1.82, 2.24) is 0 Å². The fraction of sp³-hybridized carbons (Fsp3) is 1.00. The fourth-order valence-electron chi connectivity index (χ4n) is 1.78. The third kappa shape index (κ3) is 3.55. The van der Waals surface area contributed by atoms with Crippen molar-refractivity contribution in [2.75, 3.05) is 18.6 Å². The Kier molecular flexibility index (Phi) is 3.92. The summed E-state index contributed by atoms with van der Waals surface area (Å²) in [6, 6.07) is -0.151. The van der Waals surface area contributed by atoms with Crippen LogP contribution < -0.4 is 5.73 Å². The molecule has 0 amide bonds. The van der Waals surface area contributed by atoms with Gasteiger partial charge in [-0.3, -0.25) is 0 Å². The molecule has 2 N–H and O–H groups in total. The molecule has 3 unspecified atom stereocenters. The molecular formula is C9H19NO3S. The number of rotatable bonds is 4. The summed E-state index contributed by atoms with van der Waals surface area (Å²) < 4.78 is 27.3. The molecule has 0 radical (unpaired) electrons. The van der Waals surface area contributed by atoms with Crippen molar-refractivity contribution in [3.8, 4) is 0 Å². The van der Waals surface area contributed by atoms with Crippen molar-refractivity contribution in [2.24, 2.45) is 11.7 Å². The van der Waals surface area contributed by atoms with Crippen LogP contribution in [-0.4, -0.2) is 39.2 Å². The summed E-state index contributed by atoms with van der Waals surface area (Å²) in [6.07, 6.45) is 2.79.